The molecule has 1 aromatic heterocycles. The Morgan fingerprint density at radius 3 is 2.22 bits per heavy atom. The highest BCUT2D eigenvalue weighted by molar-refractivity contribution is 6.13. The maximum atomic E-state index is 15.1. The van der Waals surface area contributed by atoms with Crippen LogP contribution in [0.2, 0.25) is 0 Å². The van der Waals surface area contributed by atoms with Crippen molar-refractivity contribution in [3.05, 3.63) is 152 Å². The number of carbonyl (C=O) groups excluding carboxylic acids is 1. The molecule has 0 unspecified atom stereocenters. The first-order chi connectivity index (χ1) is 19.8. The van der Waals surface area contributed by atoms with Crippen molar-refractivity contribution in [1.82, 2.24) is 4.57 Å². The lowest BCUT2D eigenvalue weighted by molar-refractivity contribution is -0.485. The Bertz CT molecular complexity index is 1820. The van der Waals surface area contributed by atoms with Gasteiger partial charge in [-0.05, 0) is 28.8 Å². The van der Waals surface area contributed by atoms with Crippen molar-refractivity contribution < 1.29 is 14.6 Å². The summed E-state index contributed by atoms with van der Waals surface area (Å²) in [6.07, 6.45) is 1.84. The van der Waals surface area contributed by atoms with Gasteiger partial charge in [-0.3, -0.25) is 25.0 Å². The predicted molar refractivity (Wildman–Crippen MR) is 155 cm³/mol. The van der Waals surface area contributed by atoms with Crippen LogP contribution in [0.4, 0.5) is 11.4 Å². The Morgan fingerprint density at radius 2 is 1.46 bits per heavy atom. The minimum absolute atomic E-state index is 0.145. The van der Waals surface area contributed by atoms with Crippen molar-refractivity contribution in [2.24, 2.45) is 7.05 Å². The number of hydrogen-bond acceptors (Lipinski definition) is 5. The number of carbonyl (C=O) groups is 1. The first kappa shape index (κ1) is 25.9. The number of hydrogen-bond donors (Lipinski definition) is 0. The van der Waals surface area contributed by atoms with E-state index in [1.807, 2.05) is 90.6 Å². The molecule has 0 saturated heterocycles. The van der Waals surface area contributed by atoms with Crippen LogP contribution in [-0.4, -0.2) is 26.9 Å². The first-order valence-corrected chi connectivity index (χ1v) is 13.2. The Kier molecular flexibility index (Phi) is 6.34. The van der Waals surface area contributed by atoms with E-state index in [1.54, 1.807) is 17.0 Å². The molecule has 0 N–H and O–H groups in total. The Labute approximate surface area is 235 Å². The Morgan fingerprint density at radius 1 is 0.805 bits per heavy atom. The van der Waals surface area contributed by atoms with Gasteiger partial charge in [0.2, 0.25) is 12.5 Å². The number of aryl methyl sites for hydroxylation is 1. The monoisotopic (exact) mass is 546 g/mol. The fourth-order valence-corrected chi connectivity index (χ4v) is 6.41. The largest absolute Gasteiger partial charge is 0.350 e. The van der Waals surface area contributed by atoms with E-state index in [2.05, 4.69) is 0 Å². The highest BCUT2D eigenvalue weighted by atomic mass is 16.6. The van der Waals surface area contributed by atoms with Crippen LogP contribution in [0, 0.1) is 20.2 Å². The van der Waals surface area contributed by atoms with E-state index in [-0.39, 0.29) is 23.7 Å². The molecule has 1 aliphatic rings. The van der Waals surface area contributed by atoms with Crippen LogP contribution in [0.5, 0.6) is 0 Å². The lowest BCUT2D eigenvalue weighted by atomic mass is 9.63. The SMILES string of the molecule is Cn1cc([C@@]2([C@H](C[N+](=O)[O-])c3ccccc3[N+](=O)[O-])C(=O)N(Cc3ccccc3)c3ccccc32)c2ccccc21. The highest BCUT2D eigenvalue weighted by Gasteiger charge is 2.60. The van der Waals surface area contributed by atoms with Gasteiger partial charge in [0.1, 0.15) is 5.41 Å². The van der Waals surface area contributed by atoms with Crippen LogP contribution in [0.3, 0.4) is 0 Å². The Hall–Kier alpha value is -5.31. The molecule has 9 heteroatoms. The fraction of sp³-hybridized carbons (Fsp3) is 0.156. The fourth-order valence-electron chi connectivity index (χ4n) is 6.41. The van der Waals surface area contributed by atoms with E-state index >= 15 is 4.79 Å². The van der Waals surface area contributed by atoms with Crippen molar-refractivity contribution >= 4 is 28.2 Å². The van der Waals surface area contributed by atoms with Crippen LogP contribution >= 0.6 is 0 Å². The summed E-state index contributed by atoms with van der Waals surface area (Å²) in [5.74, 6) is -1.54. The van der Waals surface area contributed by atoms with Gasteiger partial charge in [-0.1, -0.05) is 84.9 Å². The van der Waals surface area contributed by atoms with Gasteiger partial charge in [-0.25, -0.2) is 0 Å². The summed E-state index contributed by atoms with van der Waals surface area (Å²) in [5.41, 5.74) is 1.79. The first-order valence-electron chi connectivity index (χ1n) is 13.2. The molecule has 0 spiro atoms. The van der Waals surface area contributed by atoms with E-state index in [9.17, 15) is 20.2 Å². The number of amides is 1. The quantitative estimate of drug-likeness (QED) is 0.176. The van der Waals surface area contributed by atoms with Crippen molar-refractivity contribution in [3.8, 4) is 0 Å². The summed E-state index contributed by atoms with van der Waals surface area (Å²) in [4.78, 5) is 40.4. The summed E-state index contributed by atoms with van der Waals surface area (Å²) in [7, 11) is 1.86. The molecule has 41 heavy (non-hydrogen) atoms. The minimum Gasteiger partial charge on any atom is -0.350 e. The van der Waals surface area contributed by atoms with Crippen molar-refractivity contribution in [2.75, 3.05) is 11.4 Å². The molecule has 0 saturated carbocycles. The molecule has 1 amide bonds. The van der Waals surface area contributed by atoms with Gasteiger partial charge in [0.15, 0.2) is 0 Å². The number of rotatable bonds is 8. The smallest absolute Gasteiger partial charge is 0.273 e. The minimum atomic E-state index is -1.62. The number of nitro benzene ring substituents is 1. The van der Waals surface area contributed by atoms with E-state index in [4.69, 9.17) is 0 Å². The van der Waals surface area contributed by atoms with Gasteiger partial charge in [0.25, 0.3) is 5.69 Å². The van der Waals surface area contributed by atoms with Crippen LogP contribution in [-0.2, 0) is 23.8 Å². The molecule has 0 aliphatic carbocycles. The van der Waals surface area contributed by atoms with E-state index in [0.717, 1.165) is 16.5 Å². The zero-order valence-corrected chi connectivity index (χ0v) is 22.2. The third-order valence-corrected chi connectivity index (χ3v) is 8.07. The molecule has 6 rings (SSSR count). The lowest BCUT2D eigenvalue weighted by Gasteiger charge is -2.35. The second-order valence-corrected chi connectivity index (χ2v) is 10.3. The molecule has 0 bridgehead atoms. The third-order valence-electron chi connectivity index (χ3n) is 8.07. The van der Waals surface area contributed by atoms with Crippen LogP contribution in [0.25, 0.3) is 10.9 Å². The normalized spacial score (nSPS) is 17.0. The van der Waals surface area contributed by atoms with Gasteiger partial charge in [-0.15, -0.1) is 0 Å². The molecule has 0 radical (unpaired) electrons. The number of nitrogens with zero attached hydrogens (tertiary/aromatic N) is 4. The van der Waals surface area contributed by atoms with Crippen molar-refractivity contribution in [1.29, 1.82) is 0 Å². The van der Waals surface area contributed by atoms with Crippen molar-refractivity contribution in [3.63, 3.8) is 0 Å². The van der Waals surface area contributed by atoms with Gasteiger partial charge < -0.3 is 9.47 Å². The summed E-state index contributed by atoms with van der Waals surface area (Å²) < 4.78 is 1.89. The van der Waals surface area contributed by atoms with Crippen LogP contribution in [0.1, 0.15) is 28.2 Å². The number of fused-ring (bicyclic) bond motifs is 2. The third kappa shape index (κ3) is 4.05. The lowest BCUT2D eigenvalue weighted by Crippen LogP contribution is -2.47. The van der Waals surface area contributed by atoms with E-state index < -0.39 is 27.7 Å². The van der Waals surface area contributed by atoms with Gasteiger partial charge in [-0.2, -0.15) is 0 Å². The average molecular weight is 547 g/mol. The summed E-state index contributed by atoms with van der Waals surface area (Å²) in [5, 5.41) is 25.4. The van der Waals surface area contributed by atoms with E-state index in [1.165, 1.54) is 18.2 Å². The molecule has 4 aromatic carbocycles. The summed E-state index contributed by atoms with van der Waals surface area (Å²) >= 11 is 0. The number of aromatic nitrogens is 1. The zero-order valence-electron chi connectivity index (χ0n) is 22.2. The standard InChI is InChI=1S/C32H26N4O5/c1-33-20-26(23-13-5-8-16-28(23)33)32(27(21-35(38)39)24-14-6-9-17-29(24)36(40)41)25-15-7-10-18-30(25)34(31(32)37)19-22-11-3-2-4-12-22/h2-18,20,27H,19,21H2,1H3/t27-,32+/m1/s1. The van der Waals surface area contributed by atoms with Gasteiger partial charge >= 0.3 is 0 Å². The van der Waals surface area contributed by atoms with Crippen molar-refractivity contribution in [2.45, 2.75) is 17.9 Å². The second-order valence-electron chi connectivity index (χ2n) is 10.3. The summed E-state index contributed by atoms with van der Waals surface area (Å²) in [6.45, 7) is -0.446. The topological polar surface area (TPSA) is 112 Å². The number of para-hydroxylation sites is 3. The molecule has 204 valence electrons. The molecule has 5 aromatic rings. The number of benzene rings is 4. The maximum Gasteiger partial charge on any atom is 0.273 e. The van der Waals surface area contributed by atoms with Gasteiger partial charge in [0, 0.05) is 46.4 Å². The maximum absolute atomic E-state index is 15.1. The van der Waals surface area contributed by atoms with Gasteiger partial charge in [0.05, 0.1) is 17.4 Å². The highest BCUT2D eigenvalue weighted by Crippen LogP contribution is 2.56. The van der Waals surface area contributed by atoms with E-state index in [0.29, 0.717) is 16.8 Å². The molecular formula is C32H26N4O5. The van der Waals surface area contributed by atoms with Crippen LogP contribution < -0.4 is 4.90 Å². The molecule has 9 nitrogen and oxygen atoms in total. The molecular weight excluding hydrogens is 520 g/mol. The number of nitro groups is 2. The summed E-state index contributed by atoms with van der Waals surface area (Å²) in [6, 6.07) is 30.4. The second kappa shape index (κ2) is 10.0. The zero-order chi connectivity index (χ0) is 28.7. The van der Waals surface area contributed by atoms with Crippen LogP contribution in [0.15, 0.2) is 109 Å². The molecule has 2 atom stereocenters. The number of anilines is 1. The predicted octanol–water partition coefficient (Wildman–Crippen LogP) is 5.98. The molecule has 0 fully saturated rings. The Balaban J connectivity index is 1.73. The average Bonchev–Trinajstić information content (AvgIpc) is 3.44. The molecule has 1 aliphatic heterocycles. The molecule has 2 heterocycles.